The van der Waals surface area contributed by atoms with E-state index in [0.29, 0.717) is 16.9 Å². The molecule has 0 unspecified atom stereocenters. The Morgan fingerprint density at radius 1 is 1.33 bits per heavy atom. The van der Waals surface area contributed by atoms with Gasteiger partial charge in [-0.2, -0.15) is 0 Å². The predicted molar refractivity (Wildman–Crippen MR) is 58.5 cm³/mol. The van der Waals surface area contributed by atoms with Crippen molar-refractivity contribution in [3.05, 3.63) is 40.9 Å². The molecule has 0 atom stereocenters. The summed E-state index contributed by atoms with van der Waals surface area (Å²) in [6.07, 6.45) is 2.23. The topological polar surface area (TPSA) is 37.4 Å². The number of allylic oxidation sites excluding steroid dienone is 1. The highest BCUT2D eigenvalue weighted by Crippen LogP contribution is 2.39. The smallest absolute Gasteiger partial charge is 0.213 e. The minimum atomic E-state index is -0.00991. The second-order valence-corrected chi connectivity index (χ2v) is 4.28. The van der Waals surface area contributed by atoms with Crippen molar-refractivity contribution >= 4 is 24.0 Å². The van der Waals surface area contributed by atoms with Crippen molar-refractivity contribution in [2.45, 2.75) is 4.90 Å². The molecule has 0 spiro atoms. The monoisotopic (exact) mass is 219 g/mol. The van der Waals surface area contributed by atoms with Crippen molar-refractivity contribution < 1.29 is 9.59 Å². The highest BCUT2D eigenvalue weighted by Gasteiger charge is 2.25. The first-order chi connectivity index (χ1) is 7.22. The number of ketones is 1. The maximum atomic E-state index is 11.8. The fraction of sp³-hybridized carbons (Fsp3) is 0.0909. The average molecular weight is 219 g/mol. The lowest BCUT2D eigenvalue weighted by atomic mass is 10.1. The van der Waals surface area contributed by atoms with Gasteiger partial charge in [-0.05, 0) is 12.1 Å². The molecule has 0 saturated heterocycles. The molecule has 4 heteroatoms. The van der Waals surface area contributed by atoms with E-state index in [0.717, 1.165) is 4.90 Å². The molecule has 0 N–H and O–H groups in total. The SMILES string of the molecule is CN(C=O)C=C1Sc2ccccc2C1=O. The fourth-order valence-corrected chi connectivity index (χ4v) is 2.42. The first kappa shape index (κ1) is 9.98. The third kappa shape index (κ3) is 1.80. The molecular weight excluding hydrogens is 210 g/mol. The number of hydrogen-bond acceptors (Lipinski definition) is 3. The highest BCUT2D eigenvalue weighted by atomic mass is 32.2. The van der Waals surface area contributed by atoms with Crippen LogP contribution in [0.4, 0.5) is 0 Å². The van der Waals surface area contributed by atoms with Crippen molar-refractivity contribution in [2.24, 2.45) is 0 Å². The van der Waals surface area contributed by atoms with Crippen molar-refractivity contribution in [1.82, 2.24) is 4.90 Å². The van der Waals surface area contributed by atoms with Gasteiger partial charge in [-0.25, -0.2) is 0 Å². The van der Waals surface area contributed by atoms with Crippen LogP contribution in [0.1, 0.15) is 10.4 Å². The van der Waals surface area contributed by atoms with Gasteiger partial charge in [-0.1, -0.05) is 23.9 Å². The molecule has 0 saturated carbocycles. The molecule has 1 aliphatic rings. The van der Waals surface area contributed by atoms with Gasteiger partial charge in [-0.15, -0.1) is 0 Å². The zero-order chi connectivity index (χ0) is 10.8. The van der Waals surface area contributed by atoms with E-state index in [4.69, 9.17) is 0 Å². The van der Waals surface area contributed by atoms with Crippen molar-refractivity contribution in [3.63, 3.8) is 0 Å². The number of rotatable bonds is 2. The lowest BCUT2D eigenvalue weighted by Crippen LogP contribution is -2.08. The molecule has 1 amide bonds. The summed E-state index contributed by atoms with van der Waals surface area (Å²) in [5.74, 6) is -0.00991. The Morgan fingerprint density at radius 2 is 2.07 bits per heavy atom. The molecule has 0 aromatic heterocycles. The summed E-state index contributed by atoms with van der Waals surface area (Å²) in [6, 6.07) is 7.43. The van der Waals surface area contributed by atoms with Crippen molar-refractivity contribution in [2.75, 3.05) is 7.05 Å². The number of Topliss-reactive ketones (excluding diaryl/α,β-unsaturated/α-hetero) is 1. The van der Waals surface area contributed by atoms with Crippen LogP contribution in [-0.4, -0.2) is 24.1 Å². The summed E-state index contributed by atoms with van der Waals surface area (Å²) in [7, 11) is 1.61. The van der Waals surface area contributed by atoms with Crippen molar-refractivity contribution in [1.29, 1.82) is 0 Å². The van der Waals surface area contributed by atoms with Crippen LogP contribution in [0.5, 0.6) is 0 Å². The maximum absolute atomic E-state index is 11.8. The average Bonchev–Trinajstić information content (AvgIpc) is 2.57. The van der Waals surface area contributed by atoms with Gasteiger partial charge >= 0.3 is 0 Å². The summed E-state index contributed by atoms with van der Waals surface area (Å²) in [5.41, 5.74) is 0.716. The lowest BCUT2D eigenvalue weighted by Gasteiger charge is -2.02. The van der Waals surface area contributed by atoms with Gasteiger partial charge in [0.15, 0.2) is 0 Å². The molecular formula is C11H9NO2S. The Balaban J connectivity index is 2.35. The van der Waals surface area contributed by atoms with Gasteiger partial charge in [-0.3, -0.25) is 9.59 Å². The van der Waals surface area contributed by atoms with Gasteiger partial charge in [0.05, 0.1) is 4.91 Å². The number of fused-ring (bicyclic) bond motifs is 1. The van der Waals surface area contributed by atoms with Crippen LogP contribution in [0.2, 0.25) is 0 Å². The molecule has 1 heterocycles. The number of benzene rings is 1. The van der Waals surface area contributed by atoms with Crippen LogP contribution in [0.25, 0.3) is 0 Å². The second-order valence-electron chi connectivity index (χ2n) is 3.19. The van der Waals surface area contributed by atoms with Gasteiger partial charge in [0.2, 0.25) is 12.2 Å². The van der Waals surface area contributed by atoms with Crippen molar-refractivity contribution in [3.8, 4) is 0 Å². The minimum Gasteiger partial charge on any atom is -0.323 e. The van der Waals surface area contributed by atoms with E-state index in [1.807, 2.05) is 18.2 Å². The molecule has 1 aromatic carbocycles. The normalized spacial score (nSPS) is 16.6. The van der Waals surface area contributed by atoms with Gasteiger partial charge in [0.25, 0.3) is 0 Å². The number of thioether (sulfide) groups is 1. The predicted octanol–water partition coefficient (Wildman–Crippen LogP) is 1.90. The fourth-order valence-electron chi connectivity index (χ4n) is 1.34. The first-order valence-corrected chi connectivity index (χ1v) is 5.24. The number of amides is 1. The van der Waals surface area contributed by atoms with E-state index in [9.17, 15) is 9.59 Å². The zero-order valence-electron chi connectivity index (χ0n) is 8.14. The van der Waals surface area contributed by atoms with E-state index in [1.54, 1.807) is 19.3 Å². The summed E-state index contributed by atoms with van der Waals surface area (Å²) in [6.45, 7) is 0. The Labute approximate surface area is 91.8 Å². The van der Waals surface area contributed by atoms with Gasteiger partial charge in [0.1, 0.15) is 0 Å². The summed E-state index contributed by atoms with van der Waals surface area (Å²) >= 11 is 1.40. The Bertz CT molecular complexity index is 454. The number of nitrogens with zero attached hydrogens (tertiary/aromatic N) is 1. The van der Waals surface area contributed by atoms with Crippen LogP contribution >= 0.6 is 11.8 Å². The second kappa shape index (κ2) is 3.90. The highest BCUT2D eigenvalue weighted by molar-refractivity contribution is 8.04. The van der Waals surface area contributed by atoms with Gasteiger partial charge < -0.3 is 4.90 Å². The largest absolute Gasteiger partial charge is 0.323 e. The van der Waals surface area contributed by atoms with E-state index in [2.05, 4.69) is 0 Å². The summed E-state index contributed by atoms with van der Waals surface area (Å²) < 4.78 is 0. The molecule has 0 radical (unpaired) electrons. The molecule has 1 aliphatic heterocycles. The van der Waals surface area contributed by atoms with E-state index in [1.165, 1.54) is 16.7 Å². The molecule has 76 valence electrons. The number of hydrogen-bond donors (Lipinski definition) is 0. The summed E-state index contributed by atoms with van der Waals surface area (Å²) in [4.78, 5) is 25.1. The standard InChI is InChI=1S/C11H9NO2S/c1-12(7-13)6-10-11(14)8-4-2-3-5-9(8)15-10/h2-7H,1H3. The Hall–Kier alpha value is -1.55. The van der Waals surface area contributed by atoms with Crippen LogP contribution < -0.4 is 0 Å². The summed E-state index contributed by atoms with van der Waals surface area (Å²) in [5, 5.41) is 0. The number of carbonyl (C=O) groups is 2. The number of carbonyl (C=O) groups excluding carboxylic acids is 2. The molecule has 0 bridgehead atoms. The molecule has 2 rings (SSSR count). The van der Waals surface area contributed by atoms with Crippen LogP contribution in [0.15, 0.2) is 40.3 Å². The Morgan fingerprint density at radius 3 is 2.73 bits per heavy atom. The van der Waals surface area contributed by atoms with Crippen LogP contribution in [0, 0.1) is 0 Å². The molecule has 15 heavy (non-hydrogen) atoms. The third-order valence-electron chi connectivity index (χ3n) is 2.06. The molecule has 3 nitrogen and oxygen atoms in total. The molecule has 0 fully saturated rings. The first-order valence-electron chi connectivity index (χ1n) is 4.43. The molecule has 0 aliphatic carbocycles. The maximum Gasteiger partial charge on any atom is 0.213 e. The van der Waals surface area contributed by atoms with Crippen LogP contribution in [-0.2, 0) is 4.79 Å². The molecule has 1 aromatic rings. The van der Waals surface area contributed by atoms with E-state index < -0.39 is 0 Å². The van der Waals surface area contributed by atoms with E-state index in [-0.39, 0.29) is 5.78 Å². The quantitative estimate of drug-likeness (QED) is 0.563. The zero-order valence-corrected chi connectivity index (χ0v) is 8.95. The Kier molecular flexibility index (Phi) is 2.60. The minimum absolute atomic E-state index is 0.00991. The van der Waals surface area contributed by atoms with E-state index >= 15 is 0 Å². The lowest BCUT2D eigenvalue weighted by molar-refractivity contribution is -0.114. The third-order valence-corrected chi connectivity index (χ3v) is 3.15. The van der Waals surface area contributed by atoms with Crippen LogP contribution in [0.3, 0.4) is 0 Å². The van der Waals surface area contributed by atoms with Gasteiger partial charge in [0, 0.05) is 23.7 Å².